The zero-order valence-electron chi connectivity index (χ0n) is 12.8. The highest BCUT2D eigenvalue weighted by Crippen LogP contribution is 2.30. The smallest absolute Gasteiger partial charge is 0.203 e. The third-order valence-electron chi connectivity index (χ3n) is 4.30. The van der Waals surface area contributed by atoms with Gasteiger partial charge in [0.05, 0.1) is 5.69 Å². The molecule has 0 radical (unpaired) electrons. The van der Waals surface area contributed by atoms with Crippen LogP contribution in [0.4, 0.5) is 5.95 Å². The zero-order chi connectivity index (χ0) is 13.7. The summed E-state index contributed by atoms with van der Waals surface area (Å²) >= 11 is 0. The number of rotatable bonds is 6. The Hall–Kier alpha value is -0.990. The van der Waals surface area contributed by atoms with E-state index < -0.39 is 0 Å². The van der Waals surface area contributed by atoms with E-state index in [4.69, 9.17) is 0 Å². The Morgan fingerprint density at radius 1 is 1.32 bits per heavy atom. The Kier molecular flexibility index (Phi) is 5.29. The molecule has 1 N–H and O–H groups in total. The van der Waals surface area contributed by atoms with E-state index in [-0.39, 0.29) is 0 Å². The molecule has 19 heavy (non-hydrogen) atoms. The van der Waals surface area contributed by atoms with Gasteiger partial charge in [0.25, 0.3) is 0 Å². The quantitative estimate of drug-likeness (QED) is 0.778. The van der Waals surface area contributed by atoms with E-state index in [0.717, 1.165) is 36.6 Å². The van der Waals surface area contributed by atoms with Crippen molar-refractivity contribution in [2.75, 3.05) is 11.9 Å². The summed E-state index contributed by atoms with van der Waals surface area (Å²) in [6, 6.07) is 0. The summed E-state index contributed by atoms with van der Waals surface area (Å²) in [4.78, 5) is 4.61. The second-order valence-electron chi connectivity index (χ2n) is 6.26. The number of nitrogens with zero attached hydrogens (tertiary/aromatic N) is 2. The van der Waals surface area contributed by atoms with Crippen LogP contribution >= 0.6 is 0 Å². The Morgan fingerprint density at radius 3 is 2.74 bits per heavy atom. The van der Waals surface area contributed by atoms with E-state index in [2.05, 4.69) is 41.8 Å². The monoisotopic (exact) mass is 263 g/mol. The van der Waals surface area contributed by atoms with Crippen molar-refractivity contribution in [1.82, 2.24) is 9.55 Å². The lowest BCUT2D eigenvalue weighted by atomic mass is 9.83. The van der Waals surface area contributed by atoms with Crippen LogP contribution in [0.15, 0.2) is 6.20 Å². The van der Waals surface area contributed by atoms with Gasteiger partial charge >= 0.3 is 0 Å². The summed E-state index contributed by atoms with van der Waals surface area (Å²) in [5.41, 5.74) is 1.13. The molecule has 1 aromatic rings. The molecule has 3 heteroatoms. The summed E-state index contributed by atoms with van der Waals surface area (Å²) in [6.45, 7) is 8.87. The molecule has 0 aromatic carbocycles. The van der Waals surface area contributed by atoms with Crippen LogP contribution in [-0.2, 0) is 6.54 Å². The maximum Gasteiger partial charge on any atom is 0.203 e. The summed E-state index contributed by atoms with van der Waals surface area (Å²) in [6.07, 6.45) is 10.2. The van der Waals surface area contributed by atoms with Crippen molar-refractivity contribution in [3.05, 3.63) is 11.9 Å². The summed E-state index contributed by atoms with van der Waals surface area (Å²) in [5, 5.41) is 3.49. The highest BCUT2D eigenvalue weighted by molar-refractivity contribution is 5.28. The topological polar surface area (TPSA) is 29.9 Å². The van der Waals surface area contributed by atoms with Gasteiger partial charge in [0.15, 0.2) is 0 Å². The molecule has 3 nitrogen and oxygen atoms in total. The average Bonchev–Trinajstić information content (AvgIpc) is 2.73. The molecule has 1 aromatic heterocycles. The average molecular weight is 263 g/mol. The van der Waals surface area contributed by atoms with Crippen LogP contribution < -0.4 is 5.32 Å². The van der Waals surface area contributed by atoms with E-state index in [0.29, 0.717) is 0 Å². The molecule has 0 aliphatic heterocycles. The first-order valence-corrected chi connectivity index (χ1v) is 7.96. The molecule has 2 rings (SSSR count). The lowest BCUT2D eigenvalue weighted by molar-refractivity contribution is 0.265. The normalized spacial score (nSPS) is 23.5. The van der Waals surface area contributed by atoms with Gasteiger partial charge in [0, 0.05) is 19.3 Å². The Morgan fingerprint density at radius 2 is 2.05 bits per heavy atom. The van der Waals surface area contributed by atoms with Crippen LogP contribution in [0.25, 0.3) is 0 Å². The molecule has 0 spiro atoms. The fourth-order valence-corrected chi connectivity index (χ4v) is 2.99. The number of hydrogen-bond donors (Lipinski definition) is 1. The number of hydrogen-bond acceptors (Lipinski definition) is 2. The Labute approximate surface area is 117 Å². The fourth-order valence-electron chi connectivity index (χ4n) is 2.99. The summed E-state index contributed by atoms with van der Waals surface area (Å²) in [5.74, 6) is 2.85. The molecule has 1 heterocycles. The first-order valence-electron chi connectivity index (χ1n) is 7.96. The first-order chi connectivity index (χ1) is 9.19. The van der Waals surface area contributed by atoms with Crippen LogP contribution in [0.2, 0.25) is 0 Å². The molecular weight excluding hydrogens is 234 g/mol. The van der Waals surface area contributed by atoms with Crippen LogP contribution in [0.1, 0.15) is 58.1 Å². The maximum atomic E-state index is 4.61. The van der Waals surface area contributed by atoms with E-state index in [1.165, 1.54) is 38.5 Å². The van der Waals surface area contributed by atoms with Gasteiger partial charge < -0.3 is 9.88 Å². The largest absolute Gasteiger partial charge is 0.356 e. The second kappa shape index (κ2) is 6.97. The number of aryl methyl sites for hydroxylation is 1. The minimum absolute atomic E-state index is 0.844. The Balaban J connectivity index is 1.91. The minimum Gasteiger partial charge on any atom is -0.356 e. The van der Waals surface area contributed by atoms with E-state index in [9.17, 15) is 0 Å². The molecule has 1 fully saturated rings. The van der Waals surface area contributed by atoms with Crippen LogP contribution in [0.3, 0.4) is 0 Å². The van der Waals surface area contributed by atoms with Crippen LogP contribution in [0, 0.1) is 18.8 Å². The van der Waals surface area contributed by atoms with Gasteiger partial charge in [-0.3, -0.25) is 0 Å². The minimum atomic E-state index is 0.844. The van der Waals surface area contributed by atoms with Gasteiger partial charge in [-0.05, 0) is 38.0 Å². The van der Waals surface area contributed by atoms with Gasteiger partial charge in [-0.1, -0.05) is 33.1 Å². The number of imidazole rings is 1. The SMILES string of the molecule is CCCCNc1nc(C)cn1CC1CCC(C)CC1. The van der Waals surface area contributed by atoms with Gasteiger partial charge in [0.2, 0.25) is 5.95 Å². The molecular formula is C16H29N3. The number of nitrogens with one attached hydrogen (secondary N) is 1. The van der Waals surface area contributed by atoms with Gasteiger partial charge in [-0.25, -0.2) is 4.98 Å². The van der Waals surface area contributed by atoms with E-state index >= 15 is 0 Å². The predicted octanol–water partition coefficient (Wildman–Crippen LogP) is 4.23. The summed E-state index contributed by atoms with van der Waals surface area (Å²) in [7, 11) is 0. The molecule has 0 saturated heterocycles. The van der Waals surface area contributed by atoms with Gasteiger partial charge in [0.1, 0.15) is 0 Å². The molecule has 1 aliphatic rings. The van der Waals surface area contributed by atoms with Crippen molar-refractivity contribution in [3.8, 4) is 0 Å². The molecule has 0 bridgehead atoms. The molecule has 0 atom stereocenters. The Bertz CT molecular complexity index is 375. The van der Waals surface area contributed by atoms with Crippen molar-refractivity contribution in [1.29, 1.82) is 0 Å². The van der Waals surface area contributed by atoms with Crippen molar-refractivity contribution >= 4 is 5.95 Å². The van der Waals surface area contributed by atoms with Crippen LogP contribution in [0.5, 0.6) is 0 Å². The standard InChI is InChI=1S/C16H29N3/c1-4-5-10-17-16-18-14(3)11-19(16)12-15-8-6-13(2)7-9-15/h11,13,15H,4-10,12H2,1-3H3,(H,17,18). The second-order valence-corrected chi connectivity index (χ2v) is 6.26. The predicted molar refractivity (Wildman–Crippen MR) is 81.5 cm³/mol. The molecule has 1 aliphatic carbocycles. The van der Waals surface area contributed by atoms with Gasteiger partial charge in [-0.15, -0.1) is 0 Å². The first kappa shape index (κ1) is 14.4. The number of unbranched alkanes of at least 4 members (excludes halogenated alkanes) is 1. The fraction of sp³-hybridized carbons (Fsp3) is 0.812. The maximum absolute atomic E-state index is 4.61. The van der Waals surface area contributed by atoms with Crippen molar-refractivity contribution in [2.45, 2.75) is 65.8 Å². The van der Waals surface area contributed by atoms with E-state index in [1.807, 2.05) is 0 Å². The lowest BCUT2D eigenvalue weighted by Gasteiger charge is -2.26. The van der Waals surface area contributed by atoms with Crippen molar-refractivity contribution in [3.63, 3.8) is 0 Å². The highest BCUT2D eigenvalue weighted by Gasteiger charge is 2.19. The molecule has 1 saturated carbocycles. The summed E-state index contributed by atoms with van der Waals surface area (Å²) < 4.78 is 2.34. The third-order valence-corrected chi connectivity index (χ3v) is 4.30. The lowest BCUT2D eigenvalue weighted by Crippen LogP contribution is -2.19. The molecule has 0 unspecified atom stereocenters. The van der Waals surface area contributed by atoms with Crippen molar-refractivity contribution in [2.24, 2.45) is 11.8 Å². The molecule has 108 valence electrons. The molecule has 0 amide bonds. The van der Waals surface area contributed by atoms with E-state index in [1.54, 1.807) is 0 Å². The number of aromatic nitrogens is 2. The van der Waals surface area contributed by atoms with Crippen molar-refractivity contribution < 1.29 is 0 Å². The van der Waals surface area contributed by atoms with Gasteiger partial charge in [-0.2, -0.15) is 0 Å². The number of anilines is 1. The third kappa shape index (κ3) is 4.26. The zero-order valence-corrected chi connectivity index (χ0v) is 12.8. The van der Waals surface area contributed by atoms with Crippen LogP contribution in [-0.4, -0.2) is 16.1 Å². The highest BCUT2D eigenvalue weighted by atomic mass is 15.2.